The van der Waals surface area contributed by atoms with Gasteiger partial charge in [0.05, 0.1) is 30.5 Å². The molecule has 2 aliphatic heterocycles. The molecule has 2 aromatic rings. The number of hydrogen-bond acceptors (Lipinski definition) is 7. The molecule has 2 heterocycles. The number of anilines is 1. The molecule has 0 aliphatic carbocycles. The summed E-state index contributed by atoms with van der Waals surface area (Å²) in [5, 5.41) is 3.89. The monoisotopic (exact) mass is 479 g/mol. The molecular formula is C26H29N3O4S. The van der Waals surface area contributed by atoms with Gasteiger partial charge in [-0.05, 0) is 63.1 Å². The van der Waals surface area contributed by atoms with E-state index in [1.165, 1.54) is 0 Å². The van der Waals surface area contributed by atoms with E-state index in [0.29, 0.717) is 28.3 Å². The van der Waals surface area contributed by atoms with Gasteiger partial charge in [-0.2, -0.15) is 0 Å². The quantitative estimate of drug-likeness (QED) is 0.586. The van der Waals surface area contributed by atoms with E-state index in [4.69, 9.17) is 14.5 Å². The van der Waals surface area contributed by atoms with Crippen LogP contribution in [0.2, 0.25) is 0 Å². The second-order valence-electron chi connectivity index (χ2n) is 8.46. The van der Waals surface area contributed by atoms with Crippen LogP contribution >= 0.6 is 11.8 Å². The lowest BCUT2D eigenvalue weighted by Gasteiger charge is -2.40. The lowest BCUT2D eigenvalue weighted by atomic mass is 9.94. The summed E-state index contributed by atoms with van der Waals surface area (Å²) in [4.78, 5) is 32.9. The Morgan fingerprint density at radius 3 is 2.74 bits per heavy atom. The van der Waals surface area contributed by atoms with E-state index in [1.54, 1.807) is 43.1 Å². The molecule has 0 bridgehead atoms. The minimum atomic E-state index is -0.360. The van der Waals surface area contributed by atoms with Gasteiger partial charge < -0.3 is 19.7 Å². The van der Waals surface area contributed by atoms with Crippen molar-refractivity contribution in [1.82, 2.24) is 4.90 Å². The summed E-state index contributed by atoms with van der Waals surface area (Å²) in [5.41, 5.74) is 3.25. The second-order valence-corrected chi connectivity index (χ2v) is 9.52. The number of benzene rings is 2. The highest BCUT2D eigenvalue weighted by atomic mass is 32.2. The Kier molecular flexibility index (Phi) is 7.26. The molecule has 1 amide bonds. The third-order valence-electron chi connectivity index (χ3n) is 5.61. The van der Waals surface area contributed by atoms with E-state index in [2.05, 4.69) is 10.2 Å². The number of carbonyl (C=O) groups is 2. The van der Waals surface area contributed by atoms with Gasteiger partial charge in [-0.3, -0.25) is 4.79 Å². The van der Waals surface area contributed by atoms with Gasteiger partial charge in [0, 0.05) is 23.5 Å². The third kappa shape index (κ3) is 5.12. The summed E-state index contributed by atoms with van der Waals surface area (Å²) in [5.74, 6) is 1.02. The summed E-state index contributed by atoms with van der Waals surface area (Å²) < 4.78 is 10.8. The fraction of sp³-hybridized carbons (Fsp3) is 0.346. The van der Waals surface area contributed by atoms with Gasteiger partial charge in [0.2, 0.25) is 0 Å². The summed E-state index contributed by atoms with van der Waals surface area (Å²) in [6.45, 7) is 6.33. The minimum Gasteiger partial charge on any atom is -0.497 e. The SMILES string of the molecule is COc1cccc(C(=O)Nc2cccc(C3C(C(=O)OC(C)C)=C(C)N=C4SCCCN43)c2)c1. The number of thioether (sulfide) groups is 1. The van der Waals surface area contributed by atoms with Crippen LogP contribution in [-0.2, 0) is 9.53 Å². The molecule has 0 spiro atoms. The first kappa shape index (κ1) is 23.9. The van der Waals surface area contributed by atoms with Crippen molar-refractivity contribution in [1.29, 1.82) is 0 Å². The third-order valence-corrected chi connectivity index (χ3v) is 6.69. The van der Waals surface area contributed by atoms with Crippen molar-refractivity contribution in [2.24, 2.45) is 4.99 Å². The summed E-state index contributed by atoms with van der Waals surface area (Å²) in [7, 11) is 1.57. The number of hydrogen-bond donors (Lipinski definition) is 1. The molecule has 1 N–H and O–H groups in total. The molecule has 4 rings (SSSR count). The van der Waals surface area contributed by atoms with E-state index in [0.717, 1.165) is 29.4 Å². The van der Waals surface area contributed by atoms with Crippen LogP contribution in [0.25, 0.3) is 0 Å². The van der Waals surface area contributed by atoms with Gasteiger partial charge in [-0.25, -0.2) is 9.79 Å². The molecule has 0 aromatic heterocycles. The van der Waals surface area contributed by atoms with Crippen LogP contribution in [0.3, 0.4) is 0 Å². The molecule has 0 saturated carbocycles. The molecule has 8 heteroatoms. The van der Waals surface area contributed by atoms with E-state index < -0.39 is 0 Å². The predicted molar refractivity (Wildman–Crippen MR) is 135 cm³/mol. The number of carbonyl (C=O) groups excluding carboxylic acids is 2. The van der Waals surface area contributed by atoms with Crippen molar-refractivity contribution in [2.45, 2.75) is 39.3 Å². The molecule has 0 radical (unpaired) electrons. The Morgan fingerprint density at radius 2 is 1.97 bits per heavy atom. The van der Waals surface area contributed by atoms with E-state index in [1.807, 2.05) is 45.0 Å². The van der Waals surface area contributed by atoms with Crippen LogP contribution in [0.5, 0.6) is 5.75 Å². The largest absolute Gasteiger partial charge is 0.497 e. The summed E-state index contributed by atoms with van der Waals surface area (Å²) in [6.07, 6.45) is 0.765. The fourth-order valence-electron chi connectivity index (χ4n) is 4.11. The standard InChI is InChI=1S/C26H29N3O4S/c1-16(2)33-25(31)22-17(3)27-26-29(12-7-13-34-26)23(22)18-8-5-10-20(14-18)28-24(30)19-9-6-11-21(15-19)32-4/h5-6,8-11,14-16,23H,7,12-13H2,1-4H3,(H,28,30). The number of ether oxygens (including phenoxy) is 2. The molecule has 2 aromatic carbocycles. The van der Waals surface area contributed by atoms with Crippen molar-refractivity contribution in [3.05, 3.63) is 70.9 Å². The highest BCUT2D eigenvalue weighted by Crippen LogP contribution is 2.40. The van der Waals surface area contributed by atoms with Crippen molar-refractivity contribution >= 4 is 34.5 Å². The molecule has 7 nitrogen and oxygen atoms in total. The van der Waals surface area contributed by atoms with Crippen molar-refractivity contribution in [3.8, 4) is 5.75 Å². The number of amidine groups is 1. The van der Waals surface area contributed by atoms with Gasteiger partial charge in [-0.15, -0.1) is 0 Å². The minimum absolute atomic E-state index is 0.233. The predicted octanol–water partition coefficient (Wildman–Crippen LogP) is 5.02. The summed E-state index contributed by atoms with van der Waals surface area (Å²) in [6, 6.07) is 14.3. The highest BCUT2D eigenvalue weighted by molar-refractivity contribution is 8.13. The smallest absolute Gasteiger partial charge is 0.338 e. The van der Waals surface area contributed by atoms with Crippen LogP contribution < -0.4 is 10.1 Å². The lowest BCUT2D eigenvalue weighted by Crippen LogP contribution is -2.42. The van der Waals surface area contributed by atoms with E-state index in [9.17, 15) is 9.59 Å². The lowest BCUT2D eigenvalue weighted by molar-refractivity contribution is -0.143. The Bertz CT molecular complexity index is 1160. The number of methoxy groups -OCH3 is 1. The van der Waals surface area contributed by atoms with Gasteiger partial charge in [-0.1, -0.05) is 30.0 Å². The number of nitrogens with one attached hydrogen (secondary N) is 1. The maximum atomic E-state index is 13.1. The zero-order chi connectivity index (χ0) is 24.2. The molecular weight excluding hydrogens is 450 g/mol. The zero-order valence-corrected chi connectivity index (χ0v) is 20.6. The van der Waals surface area contributed by atoms with Crippen LogP contribution in [-0.4, -0.2) is 47.5 Å². The zero-order valence-electron chi connectivity index (χ0n) is 19.8. The van der Waals surface area contributed by atoms with E-state index >= 15 is 0 Å². The Hall–Kier alpha value is -3.26. The summed E-state index contributed by atoms with van der Waals surface area (Å²) >= 11 is 1.70. The maximum absolute atomic E-state index is 13.1. The van der Waals surface area contributed by atoms with Gasteiger partial charge in [0.15, 0.2) is 5.17 Å². The topological polar surface area (TPSA) is 80.2 Å². The first-order valence-corrected chi connectivity index (χ1v) is 12.3. The average molecular weight is 480 g/mol. The Morgan fingerprint density at radius 1 is 1.18 bits per heavy atom. The molecule has 1 fully saturated rings. The number of allylic oxidation sites excluding steroid dienone is 1. The maximum Gasteiger partial charge on any atom is 0.338 e. The molecule has 1 unspecified atom stereocenters. The molecule has 1 atom stereocenters. The number of amides is 1. The van der Waals surface area contributed by atoms with Crippen LogP contribution in [0.4, 0.5) is 5.69 Å². The Balaban J connectivity index is 1.67. The molecule has 178 valence electrons. The van der Waals surface area contributed by atoms with Crippen LogP contribution in [0, 0.1) is 0 Å². The normalized spacial score (nSPS) is 17.7. The van der Waals surface area contributed by atoms with Crippen molar-refractivity contribution in [2.75, 3.05) is 24.7 Å². The number of rotatable bonds is 6. The average Bonchev–Trinajstić information content (AvgIpc) is 2.82. The second kappa shape index (κ2) is 10.3. The van der Waals surface area contributed by atoms with Gasteiger partial charge in [0.25, 0.3) is 5.91 Å². The first-order valence-electron chi connectivity index (χ1n) is 11.3. The van der Waals surface area contributed by atoms with Crippen molar-refractivity contribution < 1.29 is 19.1 Å². The Labute approximate surface area is 204 Å². The van der Waals surface area contributed by atoms with E-state index in [-0.39, 0.29) is 24.0 Å². The fourth-order valence-corrected chi connectivity index (χ4v) is 5.13. The van der Waals surface area contributed by atoms with Gasteiger partial charge in [0.1, 0.15) is 5.75 Å². The number of fused-ring (bicyclic) bond motifs is 1. The number of aliphatic imine (C=N–C) groups is 1. The van der Waals surface area contributed by atoms with Crippen LogP contribution in [0.1, 0.15) is 49.2 Å². The first-order chi connectivity index (χ1) is 16.4. The molecule has 34 heavy (non-hydrogen) atoms. The van der Waals surface area contributed by atoms with Crippen LogP contribution in [0.15, 0.2) is 64.8 Å². The molecule has 1 saturated heterocycles. The number of nitrogens with zero attached hydrogens (tertiary/aromatic N) is 2. The highest BCUT2D eigenvalue weighted by Gasteiger charge is 2.38. The van der Waals surface area contributed by atoms with Gasteiger partial charge >= 0.3 is 5.97 Å². The van der Waals surface area contributed by atoms with Crippen molar-refractivity contribution in [3.63, 3.8) is 0 Å². The number of esters is 1. The molecule has 2 aliphatic rings.